The second-order valence-corrected chi connectivity index (χ2v) is 10.3. The number of hydrogen-bond acceptors (Lipinski definition) is 3. The average molecular weight is 563 g/mol. The van der Waals surface area contributed by atoms with Crippen LogP contribution in [0.2, 0.25) is 10.0 Å². The van der Waals surface area contributed by atoms with E-state index in [0.29, 0.717) is 21.4 Å². The summed E-state index contributed by atoms with van der Waals surface area (Å²) in [4.78, 5) is 13.3. The molecule has 5 aromatic carbocycles. The third kappa shape index (κ3) is 5.07. The Kier molecular flexibility index (Phi) is 7.04. The molecule has 0 spiro atoms. The van der Waals surface area contributed by atoms with E-state index < -0.39 is 0 Å². The minimum Gasteiger partial charge on any atom is -0.507 e. The van der Waals surface area contributed by atoms with Crippen molar-refractivity contribution in [1.82, 2.24) is 9.97 Å². The Morgan fingerprint density at radius 1 is 0.650 bits per heavy atom. The fourth-order valence-electron chi connectivity index (χ4n) is 4.80. The van der Waals surface area contributed by atoms with Gasteiger partial charge in [-0.1, -0.05) is 82.2 Å². The normalized spacial score (nSPS) is 11.0. The van der Waals surface area contributed by atoms with Crippen molar-refractivity contribution in [2.75, 3.05) is 0 Å². The molecule has 0 atom stereocenters. The minimum atomic E-state index is 0.158. The number of hydrogen-bond donors (Lipinski definition) is 1. The molecule has 1 aromatic heterocycles. The predicted octanol–water partition coefficient (Wildman–Crippen LogP) is 7.99. The Labute approximate surface area is 242 Å². The molecular formula is C34H25Cl2N3O+2. The molecule has 0 bridgehead atoms. The summed E-state index contributed by atoms with van der Waals surface area (Å²) in [7, 11) is 0. The van der Waals surface area contributed by atoms with E-state index in [1.54, 1.807) is 12.1 Å². The van der Waals surface area contributed by atoms with Gasteiger partial charge in [0.05, 0.1) is 16.7 Å². The summed E-state index contributed by atoms with van der Waals surface area (Å²) >= 11 is 11.9. The van der Waals surface area contributed by atoms with Crippen molar-refractivity contribution in [3.63, 3.8) is 0 Å². The first-order valence-electron chi connectivity index (χ1n) is 12.8. The van der Waals surface area contributed by atoms with E-state index >= 15 is 0 Å². The highest BCUT2D eigenvalue weighted by atomic mass is 35.5. The standard InChI is InChI=1S/C34H23Cl2N3O/c1-21-28(19-26(35)20-29(21)36)31-27(16-9-17-30(31)40)24-14-8-15-25(18-24)34-38-32(22-10-4-2-5-11-22)37-33(39-34)23-12-6-3-7-13-23/h2-20,35H,1H3/p+2. The van der Waals surface area contributed by atoms with Gasteiger partial charge in [-0.25, -0.2) is 4.98 Å². The van der Waals surface area contributed by atoms with E-state index in [-0.39, 0.29) is 5.75 Å². The van der Waals surface area contributed by atoms with Crippen LogP contribution in [-0.4, -0.2) is 15.1 Å². The molecule has 0 saturated heterocycles. The summed E-state index contributed by atoms with van der Waals surface area (Å²) in [5.74, 6) is 2.19. The molecule has 0 aliphatic rings. The molecule has 40 heavy (non-hydrogen) atoms. The fourth-order valence-corrected chi connectivity index (χ4v) is 5.32. The summed E-state index contributed by atoms with van der Waals surface area (Å²) in [6.07, 6.45) is 0. The zero-order valence-corrected chi connectivity index (χ0v) is 23.2. The largest absolute Gasteiger partial charge is 0.507 e. The molecule has 194 valence electrons. The summed E-state index contributed by atoms with van der Waals surface area (Å²) in [6, 6.07) is 37.2. The summed E-state index contributed by atoms with van der Waals surface area (Å²) in [5, 5.41) is 12.2. The molecule has 1 heterocycles. The van der Waals surface area contributed by atoms with Gasteiger partial charge in [-0.15, -0.1) is 0 Å². The maximum atomic E-state index is 11.0. The number of nitrogens with zero attached hydrogens (tertiary/aromatic N) is 2. The number of aromatic nitrogens is 3. The second-order valence-electron chi connectivity index (χ2n) is 9.46. The maximum Gasteiger partial charge on any atom is 0.308 e. The van der Waals surface area contributed by atoms with Gasteiger partial charge in [0.1, 0.15) is 5.75 Å². The van der Waals surface area contributed by atoms with E-state index in [0.717, 1.165) is 50.6 Å². The van der Waals surface area contributed by atoms with E-state index in [2.05, 4.69) is 4.98 Å². The van der Waals surface area contributed by atoms with Crippen LogP contribution in [0.1, 0.15) is 5.56 Å². The zero-order valence-electron chi connectivity index (χ0n) is 21.6. The first-order chi connectivity index (χ1) is 19.5. The first kappa shape index (κ1) is 25.8. The first-order valence-corrected chi connectivity index (χ1v) is 13.6. The number of rotatable bonds is 5. The SMILES string of the molecule is Cc1c(Cl)cc([ClH+])cc1-c1c(O)cccc1-c1cccc(-c2nc(-c3ccccc3)[nH+]c(-c3ccccc3)n2)c1. The predicted molar refractivity (Wildman–Crippen MR) is 158 cm³/mol. The molecule has 0 amide bonds. The Hall–Kier alpha value is -4.51. The second kappa shape index (κ2) is 10.9. The Bertz CT molecular complexity index is 1780. The summed E-state index contributed by atoms with van der Waals surface area (Å²) in [5.41, 5.74) is 6.89. The van der Waals surface area contributed by atoms with E-state index in [4.69, 9.17) is 33.2 Å². The quantitative estimate of drug-likeness (QED) is 0.232. The lowest BCUT2D eigenvalue weighted by Crippen LogP contribution is -2.16. The molecule has 0 unspecified atom stereocenters. The Balaban J connectivity index is 1.53. The number of nitrogens with one attached hydrogen (secondary N) is 1. The highest BCUT2D eigenvalue weighted by Gasteiger charge is 2.22. The van der Waals surface area contributed by atoms with Gasteiger partial charge in [0.2, 0.25) is 5.02 Å². The Morgan fingerprint density at radius 3 is 1.88 bits per heavy atom. The molecule has 2 N–H and O–H groups in total. The van der Waals surface area contributed by atoms with Crippen molar-refractivity contribution in [2.45, 2.75) is 6.92 Å². The van der Waals surface area contributed by atoms with Crippen molar-refractivity contribution in [3.8, 4) is 62.2 Å². The number of benzene rings is 5. The third-order valence-corrected chi connectivity index (χ3v) is 7.46. The smallest absolute Gasteiger partial charge is 0.308 e. The van der Waals surface area contributed by atoms with E-state index in [9.17, 15) is 5.11 Å². The third-order valence-electron chi connectivity index (χ3n) is 6.83. The fraction of sp³-hybridized carbons (Fsp3) is 0.0294. The van der Waals surface area contributed by atoms with Gasteiger partial charge in [-0.3, -0.25) is 0 Å². The van der Waals surface area contributed by atoms with Gasteiger partial charge >= 0.3 is 5.82 Å². The molecule has 0 fully saturated rings. The van der Waals surface area contributed by atoms with Crippen LogP contribution in [0, 0.1) is 18.5 Å². The number of aromatic hydroxyl groups is 1. The molecule has 6 aromatic rings. The van der Waals surface area contributed by atoms with Crippen LogP contribution in [0.3, 0.4) is 0 Å². The van der Waals surface area contributed by atoms with Crippen LogP contribution in [0.25, 0.3) is 56.4 Å². The molecule has 0 aliphatic heterocycles. The number of phenols is 1. The number of phenolic OH excluding ortho intramolecular Hbond substituents is 1. The summed E-state index contributed by atoms with van der Waals surface area (Å²) < 4.78 is 0. The molecule has 6 rings (SSSR count). The number of aromatic amines is 1. The van der Waals surface area contributed by atoms with Gasteiger partial charge in [0, 0.05) is 22.7 Å². The molecule has 0 radical (unpaired) electrons. The molecule has 4 nitrogen and oxygen atoms in total. The van der Waals surface area contributed by atoms with Crippen LogP contribution in [0.15, 0.2) is 115 Å². The Morgan fingerprint density at radius 2 is 1.23 bits per heavy atom. The lowest BCUT2D eigenvalue weighted by molar-refractivity contribution is -0.359. The van der Waals surface area contributed by atoms with Crippen LogP contribution in [0.5, 0.6) is 5.75 Å². The lowest BCUT2D eigenvalue weighted by atomic mass is 9.90. The van der Waals surface area contributed by atoms with E-state index in [1.165, 1.54) is 0 Å². The van der Waals surface area contributed by atoms with Crippen LogP contribution in [0.4, 0.5) is 0 Å². The van der Waals surface area contributed by atoms with Crippen molar-refractivity contribution in [2.24, 2.45) is 0 Å². The topological polar surface area (TPSA) is 60.2 Å². The van der Waals surface area contributed by atoms with Crippen molar-refractivity contribution >= 4 is 11.6 Å². The molecule has 0 saturated carbocycles. The lowest BCUT2D eigenvalue weighted by Gasteiger charge is -2.15. The average Bonchev–Trinajstić information content (AvgIpc) is 3.00. The highest BCUT2D eigenvalue weighted by molar-refractivity contribution is 6.31. The van der Waals surface area contributed by atoms with Crippen molar-refractivity contribution in [3.05, 3.63) is 131 Å². The maximum absolute atomic E-state index is 11.0. The van der Waals surface area contributed by atoms with Crippen molar-refractivity contribution in [1.29, 1.82) is 0 Å². The van der Waals surface area contributed by atoms with Crippen LogP contribution in [-0.2, 0) is 0 Å². The van der Waals surface area contributed by atoms with Gasteiger partial charge in [-0.2, -0.15) is 0 Å². The molecule has 6 heteroatoms. The molecule has 0 aliphatic carbocycles. The van der Waals surface area contributed by atoms with Gasteiger partial charge in [0.25, 0.3) is 11.6 Å². The number of halogens is 2. The van der Waals surface area contributed by atoms with Crippen LogP contribution >= 0.6 is 11.6 Å². The highest BCUT2D eigenvalue weighted by Crippen LogP contribution is 2.42. The van der Waals surface area contributed by atoms with Crippen LogP contribution < -0.4 is 4.98 Å². The van der Waals surface area contributed by atoms with Gasteiger partial charge in [0.15, 0.2) is 11.6 Å². The zero-order chi connectivity index (χ0) is 27.6. The van der Waals surface area contributed by atoms with Crippen molar-refractivity contribution < 1.29 is 21.7 Å². The van der Waals surface area contributed by atoms with Gasteiger partial charge in [-0.05, 0) is 71.6 Å². The monoisotopic (exact) mass is 561 g/mol. The minimum absolute atomic E-state index is 0.158. The molecular weight excluding hydrogens is 537 g/mol. The van der Waals surface area contributed by atoms with Gasteiger partial charge < -0.3 is 5.11 Å². The summed E-state index contributed by atoms with van der Waals surface area (Å²) in [6.45, 7) is 1.93. The number of H-pyrrole nitrogens is 1. The van der Waals surface area contributed by atoms with E-state index in [1.807, 2.05) is 110 Å².